The van der Waals surface area contributed by atoms with Crippen LogP contribution in [0.2, 0.25) is 0 Å². The molecular formula is C30H39FN4O3S. The van der Waals surface area contributed by atoms with Gasteiger partial charge in [-0.15, -0.1) is 0 Å². The van der Waals surface area contributed by atoms with Gasteiger partial charge in [0, 0.05) is 31.7 Å². The number of hydrogen-bond acceptors (Lipinski definition) is 5. The molecule has 1 atom stereocenters. The van der Waals surface area contributed by atoms with Crippen LogP contribution < -0.4 is 9.62 Å². The first-order chi connectivity index (χ1) is 18.7. The molecule has 2 aromatic carbocycles. The van der Waals surface area contributed by atoms with Crippen LogP contribution in [0.5, 0.6) is 0 Å². The lowest BCUT2D eigenvalue weighted by Gasteiger charge is -2.39. The molecule has 1 N–H and O–H groups in total. The molecule has 1 amide bonds. The molecule has 1 heterocycles. The molecule has 0 unspecified atom stereocenters. The van der Waals surface area contributed by atoms with Crippen molar-refractivity contribution in [1.29, 1.82) is 5.26 Å². The summed E-state index contributed by atoms with van der Waals surface area (Å²) in [5.41, 5.74) is 1.81. The molecule has 1 aliphatic heterocycles. The molecule has 0 radical (unpaired) electrons. The summed E-state index contributed by atoms with van der Waals surface area (Å²) < 4.78 is 42.7. The number of anilines is 1. The summed E-state index contributed by atoms with van der Waals surface area (Å²) in [7, 11) is -3.62. The van der Waals surface area contributed by atoms with Crippen molar-refractivity contribution in [2.45, 2.75) is 70.4 Å². The summed E-state index contributed by atoms with van der Waals surface area (Å²) in [6.07, 6.45) is 6.96. The molecule has 0 spiro atoms. The Labute approximate surface area is 232 Å². The van der Waals surface area contributed by atoms with Gasteiger partial charge in [-0.05, 0) is 74.4 Å². The van der Waals surface area contributed by atoms with Crippen molar-refractivity contribution in [1.82, 2.24) is 10.2 Å². The van der Waals surface area contributed by atoms with Crippen molar-refractivity contribution in [3.05, 3.63) is 65.5 Å². The van der Waals surface area contributed by atoms with Gasteiger partial charge in [0.05, 0.1) is 29.5 Å². The molecule has 210 valence electrons. The second kappa shape index (κ2) is 13.4. The fraction of sp³-hybridized carbons (Fsp3) is 0.533. The van der Waals surface area contributed by atoms with Crippen LogP contribution in [0.4, 0.5) is 10.1 Å². The highest BCUT2D eigenvalue weighted by atomic mass is 32.2. The van der Waals surface area contributed by atoms with Crippen molar-refractivity contribution in [2.24, 2.45) is 5.92 Å². The highest BCUT2D eigenvalue weighted by molar-refractivity contribution is 7.92. The smallest absolute Gasteiger partial charge is 0.235 e. The van der Waals surface area contributed by atoms with Gasteiger partial charge in [-0.2, -0.15) is 5.26 Å². The SMILES string of the molecule is C[C@H](CN(c1cccc(F)c1)S(=O)(=O)CC1CCCCC1)N1CCC(NC(=O)Cc2ccc(C#N)cc2)CC1. The lowest BCUT2D eigenvalue weighted by Crippen LogP contribution is -2.51. The zero-order valence-electron chi connectivity index (χ0n) is 22.7. The number of piperidine rings is 1. The number of carbonyl (C=O) groups is 1. The number of halogens is 1. The first-order valence-electron chi connectivity index (χ1n) is 14.0. The van der Waals surface area contributed by atoms with E-state index in [1.54, 1.807) is 36.4 Å². The fourth-order valence-corrected chi connectivity index (χ4v) is 7.74. The van der Waals surface area contributed by atoms with Gasteiger partial charge in [0.1, 0.15) is 5.82 Å². The van der Waals surface area contributed by atoms with Crippen LogP contribution in [0, 0.1) is 23.1 Å². The van der Waals surface area contributed by atoms with Gasteiger partial charge in [-0.25, -0.2) is 12.8 Å². The van der Waals surface area contributed by atoms with Crippen LogP contribution in [0.25, 0.3) is 0 Å². The van der Waals surface area contributed by atoms with Gasteiger partial charge in [-0.3, -0.25) is 14.0 Å². The Kier molecular flexibility index (Phi) is 9.98. The summed E-state index contributed by atoms with van der Waals surface area (Å²) in [5.74, 6) is -0.240. The molecular weight excluding hydrogens is 515 g/mol. The average Bonchev–Trinajstić information content (AvgIpc) is 2.92. The minimum absolute atomic E-state index is 0.0442. The zero-order valence-corrected chi connectivity index (χ0v) is 23.5. The molecule has 2 aliphatic rings. The van der Waals surface area contributed by atoms with E-state index in [1.165, 1.54) is 16.4 Å². The van der Waals surface area contributed by atoms with Gasteiger partial charge in [0.15, 0.2) is 0 Å². The number of sulfonamides is 1. The maximum atomic E-state index is 14.1. The third-order valence-electron chi connectivity index (χ3n) is 8.00. The van der Waals surface area contributed by atoms with E-state index in [4.69, 9.17) is 5.26 Å². The molecule has 4 rings (SSSR count). The van der Waals surface area contributed by atoms with Gasteiger partial charge in [0.25, 0.3) is 0 Å². The first-order valence-corrected chi connectivity index (χ1v) is 15.6. The Hall–Kier alpha value is -2.96. The quantitative estimate of drug-likeness (QED) is 0.462. The predicted octanol–water partition coefficient (Wildman–Crippen LogP) is 4.63. The van der Waals surface area contributed by atoms with Crippen molar-refractivity contribution in [3.8, 4) is 6.07 Å². The molecule has 1 aliphatic carbocycles. The topological polar surface area (TPSA) is 93.5 Å². The van der Waals surface area contributed by atoms with E-state index in [0.29, 0.717) is 11.3 Å². The lowest BCUT2D eigenvalue weighted by atomic mass is 9.91. The third kappa shape index (κ3) is 8.26. The van der Waals surface area contributed by atoms with Crippen LogP contribution in [-0.2, 0) is 21.2 Å². The van der Waals surface area contributed by atoms with E-state index >= 15 is 0 Å². The second-order valence-electron chi connectivity index (χ2n) is 11.0. The standard InChI is InChI=1S/C30H39FN4O3S/c1-23(34-16-14-28(15-17-34)33-30(36)18-24-10-12-25(20-32)13-11-24)21-35(29-9-5-8-27(31)19-29)39(37,38)22-26-6-3-2-4-7-26/h5,8-13,19,23,26,28H,2-4,6-7,14-18,21-22H2,1H3,(H,33,36)/t23-/m1/s1. The molecule has 2 fully saturated rings. The van der Waals surface area contributed by atoms with Gasteiger partial charge in [0.2, 0.25) is 15.9 Å². The molecule has 0 bridgehead atoms. The Morgan fingerprint density at radius 1 is 1.10 bits per heavy atom. The largest absolute Gasteiger partial charge is 0.353 e. The van der Waals surface area contributed by atoms with Gasteiger partial charge < -0.3 is 5.32 Å². The van der Waals surface area contributed by atoms with Crippen molar-refractivity contribution >= 4 is 21.6 Å². The van der Waals surface area contributed by atoms with Crippen LogP contribution in [-0.4, -0.2) is 56.7 Å². The highest BCUT2D eigenvalue weighted by Gasteiger charge is 2.31. The molecule has 2 aromatic rings. The van der Waals surface area contributed by atoms with E-state index < -0.39 is 15.8 Å². The summed E-state index contributed by atoms with van der Waals surface area (Å²) in [6.45, 7) is 3.76. The number of amides is 1. The number of nitriles is 1. The highest BCUT2D eigenvalue weighted by Crippen LogP contribution is 2.29. The van der Waals surface area contributed by atoms with E-state index in [1.807, 2.05) is 6.92 Å². The Morgan fingerprint density at radius 3 is 2.44 bits per heavy atom. The number of carbonyl (C=O) groups excluding carboxylic acids is 1. The maximum Gasteiger partial charge on any atom is 0.235 e. The zero-order chi connectivity index (χ0) is 27.8. The summed E-state index contributed by atoms with van der Waals surface area (Å²) in [5, 5.41) is 12.0. The number of nitrogens with one attached hydrogen (secondary N) is 1. The molecule has 1 saturated carbocycles. The Balaban J connectivity index is 1.34. The number of nitrogens with zero attached hydrogens (tertiary/aromatic N) is 3. The van der Waals surface area contributed by atoms with Crippen LogP contribution >= 0.6 is 0 Å². The average molecular weight is 555 g/mol. The molecule has 1 saturated heterocycles. The normalized spacial score (nSPS) is 18.3. The summed E-state index contributed by atoms with van der Waals surface area (Å²) in [6, 6.07) is 15.0. The van der Waals surface area contributed by atoms with Crippen molar-refractivity contribution in [2.75, 3.05) is 29.7 Å². The van der Waals surface area contributed by atoms with E-state index in [-0.39, 0.29) is 42.6 Å². The van der Waals surface area contributed by atoms with Crippen LogP contribution in [0.3, 0.4) is 0 Å². The van der Waals surface area contributed by atoms with Crippen molar-refractivity contribution < 1.29 is 17.6 Å². The minimum Gasteiger partial charge on any atom is -0.353 e. The van der Waals surface area contributed by atoms with Gasteiger partial charge in [-0.1, -0.05) is 37.5 Å². The van der Waals surface area contributed by atoms with Crippen molar-refractivity contribution in [3.63, 3.8) is 0 Å². The molecule has 39 heavy (non-hydrogen) atoms. The van der Waals surface area contributed by atoms with E-state index in [2.05, 4.69) is 16.3 Å². The number of benzene rings is 2. The molecule has 7 nitrogen and oxygen atoms in total. The third-order valence-corrected chi connectivity index (χ3v) is 9.92. The Bertz CT molecular complexity index is 1250. The minimum atomic E-state index is -3.62. The predicted molar refractivity (Wildman–Crippen MR) is 151 cm³/mol. The van der Waals surface area contributed by atoms with E-state index in [0.717, 1.165) is 63.6 Å². The Morgan fingerprint density at radius 2 is 1.79 bits per heavy atom. The second-order valence-corrected chi connectivity index (χ2v) is 12.9. The maximum absolute atomic E-state index is 14.1. The monoisotopic (exact) mass is 554 g/mol. The number of rotatable bonds is 10. The number of likely N-dealkylation sites (tertiary alicyclic amines) is 1. The van der Waals surface area contributed by atoms with Crippen LogP contribution in [0.15, 0.2) is 48.5 Å². The molecule has 9 heteroatoms. The fourth-order valence-electron chi connectivity index (χ4n) is 5.75. The molecule has 0 aromatic heterocycles. The summed E-state index contributed by atoms with van der Waals surface area (Å²) >= 11 is 0. The van der Waals surface area contributed by atoms with Crippen LogP contribution in [0.1, 0.15) is 63.0 Å². The first kappa shape index (κ1) is 29.0. The summed E-state index contributed by atoms with van der Waals surface area (Å²) in [4.78, 5) is 14.8. The lowest BCUT2D eigenvalue weighted by molar-refractivity contribution is -0.121. The van der Waals surface area contributed by atoms with Gasteiger partial charge >= 0.3 is 0 Å². The number of hydrogen-bond donors (Lipinski definition) is 1. The van der Waals surface area contributed by atoms with E-state index in [9.17, 15) is 17.6 Å².